The van der Waals surface area contributed by atoms with Gasteiger partial charge in [0.05, 0.1) is 11.3 Å². The van der Waals surface area contributed by atoms with Crippen LogP contribution in [0.4, 0.5) is 8.78 Å². The van der Waals surface area contributed by atoms with Crippen molar-refractivity contribution in [1.82, 2.24) is 13.8 Å². The highest BCUT2D eigenvalue weighted by molar-refractivity contribution is 7.90. The molecule has 166 valence electrons. The molecule has 0 unspecified atom stereocenters. The van der Waals surface area contributed by atoms with Crippen LogP contribution in [0, 0.1) is 11.6 Å². The van der Waals surface area contributed by atoms with E-state index in [0.717, 1.165) is 49.7 Å². The molecule has 1 aliphatic rings. The quantitative estimate of drug-likeness (QED) is 0.560. The highest BCUT2D eigenvalue weighted by atomic mass is 32.2. The average Bonchev–Trinajstić information content (AvgIpc) is 3.16. The maximum atomic E-state index is 12.3. The molecule has 0 N–H and O–H groups in total. The molecule has 3 aromatic rings. The zero-order valence-corrected chi connectivity index (χ0v) is 18.4. The normalized spacial score (nSPS) is 15.5. The molecule has 1 aromatic heterocycles. The number of benzene rings is 2. The lowest BCUT2D eigenvalue weighted by atomic mass is 10.1. The number of nitrogens with zero attached hydrogens (tertiary/aromatic N) is 3. The summed E-state index contributed by atoms with van der Waals surface area (Å²) < 4.78 is 49.9. The van der Waals surface area contributed by atoms with E-state index >= 15 is 0 Å². The topological polar surface area (TPSA) is 45.6 Å². The number of fused-ring (bicyclic) bond motifs is 1. The number of halogens is 2. The molecule has 31 heavy (non-hydrogen) atoms. The predicted octanol–water partition coefficient (Wildman–Crippen LogP) is 3.72. The van der Waals surface area contributed by atoms with Crippen LogP contribution in [0.5, 0.6) is 0 Å². The van der Waals surface area contributed by atoms with Crippen molar-refractivity contribution in [2.75, 3.05) is 39.0 Å². The SMILES string of the molecule is C=CCS(=O)(=O)n1ccc2c(CN3CCN(C)CC3)cccc21.Fc1cccc(F)c1. The maximum absolute atomic E-state index is 12.3. The zero-order chi connectivity index (χ0) is 22.4. The van der Waals surface area contributed by atoms with Crippen LogP contribution < -0.4 is 0 Å². The zero-order valence-electron chi connectivity index (χ0n) is 17.5. The Balaban J connectivity index is 0.000000287. The van der Waals surface area contributed by atoms with Gasteiger partial charge >= 0.3 is 0 Å². The second kappa shape index (κ2) is 10.2. The number of rotatable bonds is 5. The first-order chi connectivity index (χ1) is 14.8. The minimum Gasteiger partial charge on any atom is -0.304 e. The molecule has 0 aliphatic carbocycles. The Bertz CT molecular complexity index is 1120. The van der Waals surface area contributed by atoms with Crippen molar-refractivity contribution in [3.8, 4) is 0 Å². The third-order valence-corrected chi connectivity index (χ3v) is 6.77. The molecule has 0 spiro atoms. The van der Waals surface area contributed by atoms with Gasteiger partial charge in [-0.2, -0.15) is 0 Å². The van der Waals surface area contributed by atoms with Crippen molar-refractivity contribution in [2.45, 2.75) is 6.54 Å². The summed E-state index contributed by atoms with van der Waals surface area (Å²) in [6.45, 7) is 8.63. The van der Waals surface area contributed by atoms with Gasteiger partial charge in [-0.05, 0) is 36.9 Å². The lowest BCUT2D eigenvalue weighted by molar-refractivity contribution is 0.148. The van der Waals surface area contributed by atoms with Crippen LogP contribution in [0.3, 0.4) is 0 Å². The molecule has 0 saturated carbocycles. The van der Waals surface area contributed by atoms with E-state index in [1.165, 1.54) is 33.8 Å². The Hall–Kier alpha value is -2.55. The number of piperazine rings is 1. The molecule has 1 saturated heterocycles. The summed E-state index contributed by atoms with van der Waals surface area (Å²) in [7, 11) is -1.23. The van der Waals surface area contributed by atoms with Gasteiger partial charge in [0.15, 0.2) is 0 Å². The monoisotopic (exact) mass is 447 g/mol. The number of hydrogen-bond acceptors (Lipinski definition) is 4. The summed E-state index contributed by atoms with van der Waals surface area (Å²) >= 11 is 0. The van der Waals surface area contributed by atoms with E-state index in [-0.39, 0.29) is 5.75 Å². The minimum absolute atomic E-state index is 0.0561. The third-order valence-electron chi connectivity index (χ3n) is 5.19. The Morgan fingerprint density at radius 3 is 2.23 bits per heavy atom. The fraction of sp³-hybridized carbons (Fsp3) is 0.304. The van der Waals surface area contributed by atoms with Gasteiger partial charge in [0.25, 0.3) is 0 Å². The molecule has 0 radical (unpaired) electrons. The van der Waals surface area contributed by atoms with Gasteiger partial charge in [-0.25, -0.2) is 21.2 Å². The van der Waals surface area contributed by atoms with Crippen LogP contribution in [0.25, 0.3) is 10.9 Å². The summed E-state index contributed by atoms with van der Waals surface area (Å²) in [4.78, 5) is 4.75. The standard InChI is InChI=1S/C17H23N3O2S.C6H4F2/c1-3-13-23(21,22)20-8-7-16-15(5-4-6-17(16)20)14-19-11-9-18(2)10-12-19;7-5-2-1-3-6(8)4-5/h3-8H,1,9-14H2,2H3;1-4H. The van der Waals surface area contributed by atoms with E-state index in [1.807, 2.05) is 18.2 Å². The second-order valence-corrected chi connectivity index (χ2v) is 9.44. The summed E-state index contributed by atoms with van der Waals surface area (Å²) in [5, 5.41) is 1.01. The van der Waals surface area contributed by atoms with Crippen LogP contribution >= 0.6 is 0 Å². The fourth-order valence-electron chi connectivity index (χ4n) is 3.52. The largest absolute Gasteiger partial charge is 0.304 e. The maximum Gasteiger partial charge on any atom is 0.242 e. The molecule has 0 bridgehead atoms. The van der Waals surface area contributed by atoms with E-state index < -0.39 is 21.7 Å². The van der Waals surface area contributed by atoms with Crippen molar-refractivity contribution >= 4 is 20.9 Å². The lowest BCUT2D eigenvalue weighted by Crippen LogP contribution is -2.43. The highest BCUT2D eigenvalue weighted by Gasteiger charge is 2.18. The fourth-order valence-corrected chi connectivity index (χ4v) is 4.69. The van der Waals surface area contributed by atoms with Crippen molar-refractivity contribution in [1.29, 1.82) is 0 Å². The predicted molar refractivity (Wildman–Crippen MR) is 120 cm³/mol. The molecule has 1 fully saturated rings. The molecule has 2 aromatic carbocycles. The summed E-state index contributed by atoms with van der Waals surface area (Å²) in [6, 6.07) is 12.3. The number of aromatic nitrogens is 1. The van der Waals surface area contributed by atoms with Gasteiger partial charge in [0.2, 0.25) is 10.0 Å². The van der Waals surface area contributed by atoms with E-state index in [0.29, 0.717) is 0 Å². The smallest absolute Gasteiger partial charge is 0.242 e. The molecular weight excluding hydrogens is 420 g/mol. The van der Waals surface area contributed by atoms with Gasteiger partial charge in [-0.3, -0.25) is 4.90 Å². The molecule has 4 rings (SSSR count). The molecule has 8 heteroatoms. The molecule has 2 heterocycles. The first-order valence-corrected chi connectivity index (χ1v) is 11.7. The molecule has 0 amide bonds. The van der Waals surface area contributed by atoms with Crippen molar-refractivity contribution < 1.29 is 17.2 Å². The molecular formula is C23H27F2N3O2S. The van der Waals surface area contributed by atoms with Crippen LogP contribution in [0.2, 0.25) is 0 Å². The first kappa shape index (κ1) is 23.1. The van der Waals surface area contributed by atoms with Crippen molar-refractivity contribution in [2.24, 2.45) is 0 Å². The van der Waals surface area contributed by atoms with E-state index in [4.69, 9.17) is 0 Å². The van der Waals surface area contributed by atoms with Crippen molar-refractivity contribution in [3.63, 3.8) is 0 Å². The molecule has 1 aliphatic heterocycles. The number of likely N-dealkylation sites (N-methyl/N-ethyl adjacent to an activating group) is 1. The van der Waals surface area contributed by atoms with Crippen LogP contribution in [-0.4, -0.2) is 61.2 Å². The minimum atomic E-state index is -3.37. The first-order valence-electron chi connectivity index (χ1n) is 10.1. The van der Waals surface area contributed by atoms with E-state index in [2.05, 4.69) is 29.5 Å². The Labute approximate surface area is 182 Å². The van der Waals surface area contributed by atoms with Gasteiger partial charge in [-0.15, -0.1) is 6.58 Å². The van der Waals surface area contributed by atoms with Crippen molar-refractivity contribution in [3.05, 3.63) is 84.6 Å². The second-order valence-electron chi connectivity index (χ2n) is 7.55. The summed E-state index contributed by atoms with van der Waals surface area (Å²) in [5.41, 5.74) is 1.93. The number of hydrogen-bond donors (Lipinski definition) is 0. The van der Waals surface area contributed by atoms with Gasteiger partial charge in [-0.1, -0.05) is 24.3 Å². The third kappa shape index (κ3) is 6.00. The van der Waals surface area contributed by atoms with Crippen LogP contribution in [0.15, 0.2) is 67.4 Å². The Kier molecular flexibility index (Phi) is 7.59. The molecule has 0 atom stereocenters. The van der Waals surface area contributed by atoms with Gasteiger partial charge in [0, 0.05) is 50.4 Å². The van der Waals surface area contributed by atoms with Crippen LogP contribution in [0.1, 0.15) is 5.56 Å². The summed E-state index contributed by atoms with van der Waals surface area (Å²) in [6.07, 6.45) is 3.08. The Morgan fingerprint density at radius 1 is 1.00 bits per heavy atom. The molecule has 5 nitrogen and oxygen atoms in total. The Morgan fingerprint density at radius 2 is 1.65 bits per heavy atom. The van der Waals surface area contributed by atoms with Gasteiger partial charge in [0.1, 0.15) is 11.6 Å². The van der Waals surface area contributed by atoms with Gasteiger partial charge < -0.3 is 4.90 Å². The van der Waals surface area contributed by atoms with E-state index in [1.54, 1.807) is 6.20 Å². The average molecular weight is 448 g/mol. The van der Waals surface area contributed by atoms with Crippen LogP contribution in [-0.2, 0) is 16.6 Å². The lowest BCUT2D eigenvalue weighted by Gasteiger charge is -2.32. The highest BCUT2D eigenvalue weighted by Crippen LogP contribution is 2.23. The van der Waals surface area contributed by atoms with E-state index in [9.17, 15) is 17.2 Å². The summed E-state index contributed by atoms with van der Waals surface area (Å²) in [5.74, 6) is -1.13.